The fraction of sp³-hybridized carbons (Fsp3) is 0.714. The molecule has 0 spiro atoms. The predicted molar refractivity (Wildman–Crippen MR) is 79.4 cm³/mol. The lowest BCUT2D eigenvalue weighted by atomic mass is 10.2. The largest absolute Gasteiger partial charge is 0.342 e. The van der Waals surface area contributed by atoms with Crippen LogP contribution in [0.3, 0.4) is 0 Å². The van der Waals surface area contributed by atoms with Crippen LogP contribution in [-0.2, 0) is 11.2 Å². The molecule has 2 atom stereocenters. The standard InChI is InChI=1S/C14H23N3OS/c1-4-19-13-6-5-12(9-13)17(3)14(18)8-11-7-10(2)15-16-11/h7,12-13H,4-6,8-9H2,1-3H3,(H,15,16). The highest BCUT2D eigenvalue weighted by Crippen LogP contribution is 2.32. The van der Waals surface area contributed by atoms with Gasteiger partial charge in [-0.2, -0.15) is 16.9 Å². The Labute approximate surface area is 119 Å². The first kappa shape index (κ1) is 14.4. The maximum Gasteiger partial charge on any atom is 0.228 e. The molecule has 1 amide bonds. The van der Waals surface area contributed by atoms with Gasteiger partial charge in [0.15, 0.2) is 0 Å². The van der Waals surface area contributed by atoms with E-state index in [2.05, 4.69) is 17.1 Å². The number of thioether (sulfide) groups is 1. The van der Waals surface area contributed by atoms with Crippen LogP contribution in [-0.4, -0.2) is 45.1 Å². The number of amides is 1. The van der Waals surface area contributed by atoms with E-state index in [1.165, 1.54) is 12.2 Å². The Morgan fingerprint density at radius 2 is 2.37 bits per heavy atom. The molecule has 2 rings (SSSR count). The second-order valence-corrected chi connectivity index (χ2v) is 6.85. The van der Waals surface area contributed by atoms with Gasteiger partial charge in [0.05, 0.1) is 12.1 Å². The van der Waals surface area contributed by atoms with Gasteiger partial charge < -0.3 is 4.90 Å². The van der Waals surface area contributed by atoms with E-state index in [1.54, 1.807) is 0 Å². The summed E-state index contributed by atoms with van der Waals surface area (Å²) in [6.07, 6.45) is 3.92. The second-order valence-electron chi connectivity index (χ2n) is 5.27. The number of H-pyrrole nitrogens is 1. The van der Waals surface area contributed by atoms with Crippen LogP contribution >= 0.6 is 11.8 Å². The van der Waals surface area contributed by atoms with Crippen molar-refractivity contribution in [3.05, 3.63) is 17.5 Å². The highest BCUT2D eigenvalue weighted by molar-refractivity contribution is 7.99. The van der Waals surface area contributed by atoms with Gasteiger partial charge in [0.1, 0.15) is 0 Å². The van der Waals surface area contributed by atoms with Crippen molar-refractivity contribution in [1.82, 2.24) is 15.1 Å². The molecule has 0 bridgehead atoms. The fourth-order valence-corrected chi connectivity index (χ4v) is 3.84. The number of hydrogen-bond donors (Lipinski definition) is 1. The van der Waals surface area contributed by atoms with Gasteiger partial charge in [-0.1, -0.05) is 6.92 Å². The summed E-state index contributed by atoms with van der Waals surface area (Å²) in [5.41, 5.74) is 1.84. The Morgan fingerprint density at radius 3 is 3.00 bits per heavy atom. The van der Waals surface area contributed by atoms with Crippen LogP contribution in [0.15, 0.2) is 6.07 Å². The Kier molecular flexibility index (Phi) is 4.91. The van der Waals surface area contributed by atoms with Crippen molar-refractivity contribution in [1.29, 1.82) is 0 Å². The first-order valence-corrected chi connectivity index (χ1v) is 8.03. The molecule has 0 radical (unpaired) electrons. The van der Waals surface area contributed by atoms with Gasteiger partial charge >= 0.3 is 0 Å². The Morgan fingerprint density at radius 1 is 1.58 bits per heavy atom. The average molecular weight is 281 g/mol. The van der Waals surface area contributed by atoms with E-state index in [-0.39, 0.29) is 5.91 Å². The molecule has 0 aromatic carbocycles. The van der Waals surface area contributed by atoms with Gasteiger partial charge in [-0.3, -0.25) is 9.89 Å². The lowest BCUT2D eigenvalue weighted by Gasteiger charge is -2.24. The number of carbonyl (C=O) groups is 1. The summed E-state index contributed by atoms with van der Waals surface area (Å²) in [7, 11) is 1.94. The number of nitrogens with one attached hydrogen (secondary N) is 1. The number of rotatable bonds is 5. The minimum Gasteiger partial charge on any atom is -0.342 e. The molecule has 0 aliphatic heterocycles. The smallest absolute Gasteiger partial charge is 0.228 e. The molecule has 1 N–H and O–H groups in total. The van der Waals surface area contributed by atoms with E-state index < -0.39 is 0 Å². The van der Waals surface area contributed by atoms with E-state index in [0.717, 1.165) is 29.5 Å². The molecule has 5 heteroatoms. The van der Waals surface area contributed by atoms with Crippen molar-refractivity contribution in [2.45, 2.75) is 50.8 Å². The third-order valence-corrected chi connectivity index (χ3v) is 5.02. The van der Waals surface area contributed by atoms with E-state index in [1.807, 2.05) is 36.7 Å². The molecule has 2 unspecified atom stereocenters. The lowest BCUT2D eigenvalue weighted by molar-refractivity contribution is -0.131. The fourth-order valence-electron chi connectivity index (χ4n) is 2.70. The quantitative estimate of drug-likeness (QED) is 0.901. The van der Waals surface area contributed by atoms with Crippen molar-refractivity contribution >= 4 is 17.7 Å². The molecule has 4 nitrogen and oxygen atoms in total. The van der Waals surface area contributed by atoms with Crippen LogP contribution in [0, 0.1) is 6.92 Å². The summed E-state index contributed by atoms with van der Waals surface area (Å²) in [4.78, 5) is 14.2. The van der Waals surface area contributed by atoms with Gasteiger partial charge in [-0.25, -0.2) is 0 Å². The number of aromatic amines is 1. The van der Waals surface area contributed by atoms with Crippen LogP contribution in [0.1, 0.15) is 37.6 Å². The van der Waals surface area contributed by atoms with Crippen molar-refractivity contribution in [3.63, 3.8) is 0 Å². The van der Waals surface area contributed by atoms with Crippen LogP contribution in [0.4, 0.5) is 0 Å². The molecule has 0 saturated heterocycles. The first-order chi connectivity index (χ1) is 9.10. The van der Waals surface area contributed by atoms with Gasteiger partial charge in [0, 0.05) is 24.0 Å². The van der Waals surface area contributed by atoms with Crippen molar-refractivity contribution in [2.24, 2.45) is 0 Å². The summed E-state index contributed by atoms with van der Waals surface area (Å²) in [6, 6.07) is 2.35. The normalized spacial score (nSPS) is 22.7. The van der Waals surface area contributed by atoms with Crippen molar-refractivity contribution in [2.75, 3.05) is 12.8 Å². The zero-order chi connectivity index (χ0) is 13.8. The van der Waals surface area contributed by atoms with Gasteiger partial charge in [-0.15, -0.1) is 0 Å². The monoisotopic (exact) mass is 281 g/mol. The molecular weight excluding hydrogens is 258 g/mol. The van der Waals surface area contributed by atoms with Crippen LogP contribution in [0.5, 0.6) is 0 Å². The third kappa shape index (κ3) is 3.75. The Balaban J connectivity index is 1.86. The Bertz CT molecular complexity index is 432. The SMILES string of the molecule is CCSC1CCC(N(C)C(=O)Cc2cc(C)[nH]n2)C1. The minimum atomic E-state index is 0.179. The highest BCUT2D eigenvalue weighted by atomic mass is 32.2. The number of carbonyl (C=O) groups excluding carboxylic acids is 1. The summed E-state index contributed by atoms with van der Waals surface area (Å²) < 4.78 is 0. The summed E-state index contributed by atoms with van der Waals surface area (Å²) in [5.74, 6) is 1.35. The van der Waals surface area contributed by atoms with E-state index in [4.69, 9.17) is 0 Å². The molecule has 106 valence electrons. The Hall–Kier alpha value is -0.970. The number of nitrogens with zero attached hydrogens (tertiary/aromatic N) is 2. The molecule has 1 aliphatic rings. The number of hydrogen-bond acceptors (Lipinski definition) is 3. The molecule has 19 heavy (non-hydrogen) atoms. The van der Waals surface area contributed by atoms with Gasteiger partial charge in [0.25, 0.3) is 0 Å². The predicted octanol–water partition coefficient (Wildman–Crippen LogP) is 2.39. The summed E-state index contributed by atoms with van der Waals surface area (Å²) in [5, 5.41) is 7.75. The van der Waals surface area contributed by atoms with E-state index in [9.17, 15) is 4.79 Å². The van der Waals surface area contributed by atoms with Crippen LogP contribution < -0.4 is 0 Å². The number of aryl methyl sites for hydroxylation is 1. The van der Waals surface area contributed by atoms with Crippen molar-refractivity contribution < 1.29 is 4.79 Å². The van der Waals surface area contributed by atoms with Gasteiger partial charge in [-0.05, 0) is 38.0 Å². The molecule has 1 aromatic heterocycles. The molecular formula is C14H23N3OS. The molecule has 1 aliphatic carbocycles. The van der Waals surface area contributed by atoms with Crippen LogP contribution in [0.25, 0.3) is 0 Å². The zero-order valence-corrected chi connectivity index (χ0v) is 12.8. The molecule has 1 aromatic rings. The third-order valence-electron chi connectivity index (χ3n) is 3.79. The number of likely N-dealkylation sites (N-methyl/N-ethyl adjacent to an activating group) is 1. The lowest BCUT2D eigenvalue weighted by Crippen LogP contribution is -2.36. The molecule has 1 saturated carbocycles. The van der Waals surface area contributed by atoms with Crippen molar-refractivity contribution in [3.8, 4) is 0 Å². The average Bonchev–Trinajstić information content (AvgIpc) is 2.98. The molecule has 1 fully saturated rings. The highest BCUT2D eigenvalue weighted by Gasteiger charge is 2.29. The number of aromatic nitrogens is 2. The zero-order valence-electron chi connectivity index (χ0n) is 12.0. The maximum atomic E-state index is 12.2. The minimum absolute atomic E-state index is 0.179. The van der Waals surface area contributed by atoms with Crippen LogP contribution in [0.2, 0.25) is 0 Å². The van der Waals surface area contributed by atoms with E-state index >= 15 is 0 Å². The topological polar surface area (TPSA) is 49.0 Å². The second kappa shape index (κ2) is 6.46. The summed E-state index contributed by atoms with van der Waals surface area (Å²) >= 11 is 2.02. The van der Waals surface area contributed by atoms with E-state index in [0.29, 0.717) is 12.5 Å². The molecule has 1 heterocycles. The van der Waals surface area contributed by atoms with Gasteiger partial charge in [0.2, 0.25) is 5.91 Å². The first-order valence-electron chi connectivity index (χ1n) is 6.98. The maximum absolute atomic E-state index is 12.2. The summed E-state index contributed by atoms with van der Waals surface area (Å²) in [6.45, 7) is 4.15.